The van der Waals surface area contributed by atoms with Crippen LogP contribution in [0.15, 0.2) is 0 Å². The molecule has 5 nitrogen and oxygen atoms in total. The predicted molar refractivity (Wildman–Crippen MR) is 76.2 cm³/mol. The van der Waals surface area contributed by atoms with Crippen molar-refractivity contribution in [2.75, 3.05) is 0 Å². The smallest absolute Gasteiger partial charge is 0.315 e. The van der Waals surface area contributed by atoms with Gasteiger partial charge in [-0.05, 0) is 62.2 Å². The number of rotatable bonds is 4. The van der Waals surface area contributed by atoms with Crippen LogP contribution in [0.3, 0.4) is 0 Å². The second-order valence-electron chi connectivity index (χ2n) is 7.84. The van der Waals surface area contributed by atoms with Gasteiger partial charge in [0.2, 0.25) is 0 Å². The molecule has 4 bridgehead atoms. The zero-order valence-electron chi connectivity index (χ0n) is 12.9. The zero-order valence-corrected chi connectivity index (χ0v) is 12.9. The van der Waals surface area contributed by atoms with Crippen molar-refractivity contribution < 1.29 is 14.7 Å². The molecular weight excluding hydrogens is 268 g/mol. The predicted octanol–water partition coefficient (Wildman–Crippen LogP) is 1.03. The van der Waals surface area contributed by atoms with E-state index in [0.717, 1.165) is 37.0 Å². The maximum absolute atomic E-state index is 12.2. The number of amides is 2. The van der Waals surface area contributed by atoms with Crippen molar-refractivity contribution in [1.29, 1.82) is 0 Å². The molecule has 1 atom stereocenters. The molecule has 2 N–H and O–H groups in total. The van der Waals surface area contributed by atoms with Gasteiger partial charge in [0.25, 0.3) is 0 Å². The number of carbonyl (C=O) groups excluding carboxylic acids is 2. The summed E-state index contributed by atoms with van der Waals surface area (Å²) in [6.07, 6.45) is 7.13. The third-order valence-electron chi connectivity index (χ3n) is 5.62. The lowest BCUT2D eigenvalue weighted by Crippen LogP contribution is -2.63. The molecule has 0 aromatic rings. The number of aliphatic carboxylic acids is 1. The molecule has 0 spiro atoms. The second kappa shape index (κ2) is 5.18. The number of carbonyl (C=O) groups is 2. The van der Waals surface area contributed by atoms with Gasteiger partial charge in [-0.2, -0.15) is 0 Å². The van der Waals surface area contributed by atoms with E-state index in [0.29, 0.717) is 0 Å². The molecule has 118 valence electrons. The molecule has 21 heavy (non-hydrogen) atoms. The highest BCUT2D eigenvalue weighted by Gasteiger charge is 2.51. The summed E-state index contributed by atoms with van der Waals surface area (Å²) in [7, 11) is 0. The van der Waals surface area contributed by atoms with Gasteiger partial charge in [-0.15, -0.1) is 0 Å². The average Bonchev–Trinajstić information content (AvgIpc) is 2.32. The average molecular weight is 293 g/mol. The molecule has 4 fully saturated rings. The van der Waals surface area contributed by atoms with Crippen molar-refractivity contribution in [2.24, 2.45) is 23.7 Å². The maximum atomic E-state index is 12.2. The molecule has 4 aliphatic rings. The van der Waals surface area contributed by atoms with Crippen molar-refractivity contribution in [1.82, 2.24) is 10.6 Å². The van der Waals surface area contributed by atoms with E-state index in [1.54, 1.807) is 13.8 Å². The first-order valence-electron chi connectivity index (χ1n) is 8.16. The first kappa shape index (κ1) is 14.7. The van der Waals surface area contributed by atoms with Crippen LogP contribution in [0.1, 0.15) is 52.4 Å². The number of hydrogen-bond acceptors (Lipinski definition) is 3. The zero-order chi connectivity index (χ0) is 15.2. The van der Waals surface area contributed by atoms with E-state index in [-0.39, 0.29) is 17.5 Å². The van der Waals surface area contributed by atoms with Crippen molar-refractivity contribution in [3.05, 3.63) is 0 Å². The molecular formula is C16H25N2O3-. The third kappa shape index (κ3) is 2.87. The summed E-state index contributed by atoms with van der Waals surface area (Å²) in [5.74, 6) is 0.846. The van der Waals surface area contributed by atoms with E-state index in [2.05, 4.69) is 10.6 Å². The highest BCUT2D eigenvalue weighted by molar-refractivity contribution is 5.82. The summed E-state index contributed by atoms with van der Waals surface area (Å²) in [5, 5.41) is 16.8. The van der Waals surface area contributed by atoms with Gasteiger partial charge in [0, 0.05) is 5.54 Å². The van der Waals surface area contributed by atoms with Crippen LogP contribution in [-0.4, -0.2) is 23.6 Å². The Kier molecular flexibility index (Phi) is 3.62. The molecule has 0 heterocycles. The van der Waals surface area contributed by atoms with Crippen LogP contribution in [0.4, 0.5) is 4.79 Å². The van der Waals surface area contributed by atoms with Gasteiger partial charge in [0.05, 0.1) is 12.0 Å². The number of nitrogens with one attached hydrogen (secondary N) is 2. The molecule has 0 aliphatic heterocycles. The van der Waals surface area contributed by atoms with Crippen LogP contribution in [0.25, 0.3) is 0 Å². The van der Waals surface area contributed by atoms with Gasteiger partial charge in [-0.3, -0.25) is 0 Å². The van der Waals surface area contributed by atoms with Crippen molar-refractivity contribution >= 4 is 12.0 Å². The van der Waals surface area contributed by atoms with Gasteiger partial charge in [0.15, 0.2) is 0 Å². The second-order valence-corrected chi connectivity index (χ2v) is 7.84. The monoisotopic (exact) mass is 293 g/mol. The first-order valence-corrected chi connectivity index (χ1v) is 8.16. The van der Waals surface area contributed by atoms with Crippen LogP contribution in [0.2, 0.25) is 0 Å². The number of urea groups is 1. The van der Waals surface area contributed by atoms with E-state index in [1.807, 2.05) is 0 Å². The molecule has 0 radical (unpaired) electrons. The highest BCUT2D eigenvalue weighted by atomic mass is 16.4. The summed E-state index contributed by atoms with van der Waals surface area (Å²) >= 11 is 0. The Morgan fingerprint density at radius 2 is 1.52 bits per heavy atom. The van der Waals surface area contributed by atoms with Crippen molar-refractivity contribution in [3.8, 4) is 0 Å². The molecule has 2 amide bonds. The lowest BCUT2D eigenvalue weighted by molar-refractivity contribution is -0.309. The Bertz CT molecular complexity index is 412. The van der Waals surface area contributed by atoms with Crippen LogP contribution in [0, 0.1) is 23.7 Å². The molecule has 4 saturated carbocycles. The Labute approximate surface area is 125 Å². The molecule has 5 heteroatoms. The van der Waals surface area contributed by atoms with E-state index >= 15 is 0 Å². The molecule has 4 aliphatic carbocycles. The summed E-state index contributed by atoms with van der Waals surface area (Å²) in [5.41, 5.74) is -0.0910. The topological polar surface area (TPSA) is 81.3 Å². The van der Waals surface area contributed by atoms with Gasteiger partial charge < -0.3 is 20.5 Å². The third-order valence-corrected chi connectivity index (χ3v) is 5.62. The van der Waals surface area contributed by atoms with Crippen LogP contribution >= 0.6 is 0 Å². The normalized spacial score (nSPS) is 38.3. The molecule has 0 saturated heterocycles. The van der Waals surface area contributed by atoms with Crippen molar-refractivity contribution in [3.63, 3.8) is 0 Å². The molecule has 0 unspecified atom stereocenters. The fraction of sp³-hybridized carbons (Fsp3) is 0.875. The minimum Gasteiger partial charge on any atom is -0.548 e. The van der Waals surface area contributed by atoms with E-state index in [1.165, 1.54) is 19.3 Å². The quantitative estimate of drug-likeness (QED) is 0.812. The Balaban J connectivity index is 1.63. The largest absolute Gasteiger partial charge is 0.548 e. The Morgan fingerprint density at radius 1 is 1.05 bits per heavy atom. The van der Waals surface area contributed by atoms with E-state index in [9.17, 15) is 14.7 Å². The molecule has 4 rings (SSSR count). The standard InChI is InChI=1S/C16H26N2O3/c1-9(2)13(14(19)20)17-15(21)18-16-6-10-3-11(7-16)5-12(4-10)8-16/h9-13H,3-8H2,1-2H3,(H,19,20)(H2,17,18,21)/p-1/t10?,11?,12?,13-,16?/m0/s1. The van der Waals surface area contributed by atoms with Crippen molar-refractivity contribution in [2.45, 2.75) is 64.0 Å². The minimum atomic E-state index is -1.22. The molecule has 0 aromatic heterocycles. The van der Waals surface area contributed by atoms with Gasteiger partial charge in [-0.1, -0.05) is 13.8 Å². The van der Waals surface area contributed by atoms with E-state index < -0.39 is 12.0 Å². The summed E-state index contributed by atoms with van der Waals surface area (Å²) < 4.78 is 0. The fourth-order valence-electron chi connectivity index (χ4n) is 5.18. The maximum Gasteiger partial charge on any atom is 0.315 e. The fourth-order valence-corrected chi connectivity index (χ4v) is 5.18. The van der Waals surface area contributed by atoms with Crippen LogP contribution < -0.4 is 15.7 Å². The lowest BCUT2D eigenvalue weighted by atomic mass is 9.53. The SMILES string of the molecule is CC(C)[C@H](NC(=O)NC12CC3CC(CC(C3)C1)C2)C(=O)[O-]. The summed E-state index contributed by atoms with van der Waals surface area (Å²) in [4.78, 5) is 23.3. The van der Waals surface area contributed by atoms with E-state index in [4.69, 9.17) is 0 Å². The number of carboxylic acid groups (broad SMARTS) is 1. The van der Waals surface area contributed by atoms with Gasteiger partial charge in [0.1, 0.15) is 0 Å². The van der Waals surface area contributed by atoms with Crippen LogP contribution in [0.5, 0.6) is 0 Å². The summed E-state index contributed by atoms with van der Waals surface area (Å²) in [6.45, 7) is 3.54. The first-order chi connectivity index (χ1) is 9.87. The minimum absolute atomic E-state index is 0.0910. The van der Waals surface area contributed by atoms with Gasteiger partial charge >= 0.3 is 6.03 Å². The summed E-state index contributed by atoms with van der Waals surface area (Å²) in [6, 6.07) is -1.28. The Morgan fingerprint density at radius 3 is 1.90 bits per heavy atom. The van der Waals surface area contributed by atoms with Crippen LogP contribution in [-0.2, 0) is 4.79 Å². The highest BCUT2D eigenvalue weighted by Crippen LogP contribution is 2.55. The number of carboxylic acids is 1. The Hall–Kier alpha value is -1.26. The lowest BCUT2D eigenvalue weighted by Gasteiger charge is -2.56. The number of hydrogen-bond donors (Lipinski definition) is 2. The van der Waals surface area contributed by atoms with Gasteiger partial charge in [-0.25, -0.2) is 4.79 Å². The molecule has 0 aromatic carbocycles.